The van der Waals surface area contributed by atoms with Crippen molar-refractivity contribution in [2.45, 2.75) is 13.8 Å². The number of halogens is 1. The van der Waals surface area contributed by atoms with Crippen molar-refractivity contribution < 1.29 is 4.79 Å². The molecule has 0 aromatic heterocycles. The van der Waals surface area contributed by atoms with Gasteiger partial charge in [0.1, 0.15) is 0 Å². The van der Waals surface area contributed by atoms with Crippen molar-refractivity contribution in [3.8, 4) is 11.1 Å². The largest absolute Gasteiger partial charge is 0.289 e. The van der Waals surface area contributed by atoms with Gasteiger partial charge in [-0.25, -0.2) is 0 Å². The maximum atomic E-state index is 12.3. The van der Waals surface area contributed by atoms with Crippen LogP contribution in [0.3, 0.4) is 0 Å². The van der Waals surface area contributed by atoms with E-state index in [1.807, 2.05) is 32.0 Å². The van der Waals surface area contributed by atoms with E-state index in [4.69, 9.17) is 11.6 Å². The van der Waals surface area contributed by atoms with Crippen LogP contribution in [-0.2, 0) is 0 Å². The van der Waals surface area contributed by atoms with Crippen LogP contribution in [0.2, 0.25) is 5.02 Å². The van der Waals surface area contributed by atoms with Gasteiger partial charge in [0.25, 0.3) is 0 Å². The van der Waals surface area contributed by atoms with Crippen LogP contribution < -0.4 is 0 Å². The standard InChI is InChI=1S/C15H11ClO/c1-8-5-9(2)14-12(6-8)11-4-3-10(16)7-13(11)15(14)17/h3-7H,1-2H3. The summed E-state index contributed by atoms with van der Waals surface area (Å²) in [6.07, 6.45) is 0. The van der Waals surface area contributed by atoms with E-state index in [2.05, 4.69) is 6.07 Å². The first-order valence-electron chi connectivity index (χ1n) is 5.54. The zero-order chi connectivity index (χ0) is 12.2. The predicted molar refractivity (Wildman–Crippen MR) is 69.8 cm³/mol. The number of carbonyl (C=O) groups excluding carboxylic acids is 1. The third-order valence-corrected chi connectivity index (χ3v) is 3.46. The lowest BCUT2D eigenvalue weighted by atomic mass is 9.99. The summed E-state index contributed by atoms with van der Waals surface area (Å²) in [6.45, 7) is 4.03. The van der Waals surface area contributed by atoms with Crippen molar-refractivity contribution in [1.29, 1.82) is 0 Å². The van der Waals surface area contributed by atoms with E-state index < -0.39 is 0 Å². The van der Waals surface area contributed by atoms with Crippen LogP contribution in [0.4, 0.5) is 0 Å². The summed E-state index contributed by atoms with van der Waals surface area (Å²) in [6, 6.07) is 9.64. The Morgan fingerprint density at radius 3 is 2.47 bits per heavy atom. The van der Waals surface area contributed by atoms with E-state index >= 15 is 0 Å². The summed E-state index contributed by atoms with van der Waals surface area (Å²) in [5.74, 6) is 0.0926. The summed E-state index contributed by atoms with van der Waals surface area (Å²) >= 11 is 5.95. The van der Waals surface area contributed by atoms with Crippen LogP contribution in [0.1, 0.15) is 27.0 Å². The van der Waals surface area contributed by atoms with Crippen molar-refractivity contribution >= 4 is 17.4 Å². The molecule has 0 aliphatic heterocycles. The van der Waals surface area contributed by atoms with Gasteiger partial charge in [-0.3, -0.25) is 4.79 Å². The zero-order valence-corrected chi connectivity index (χ0v) is 10.4. The van der Waals surface area contributed by atoms with Gasteiger partial charge < -0.3 is 0 Å². The Bertz CT molecular complexity index is 656. The van der Waals surface area contributed by atoms with E-state index in [1.165, 1.54) is 5.56 Å². The highest BCUT2D eigenvalue weighted by Gasteiger charge is 2.28. The maximum absolute atomic E-state index is 12.3. The van der Waals surface area contributed by atoms with Crippen molar-refractivity contribution in [2.24, 2.45) is 0 Å². The van der Waals surface area contributed by atoms with E-state index in [-0.39, 0.29) is 5.78 Å². The fraction of sp³-hybridized carbons (Fsp3) is 0.133. The normalized spacial score (nSPS) is 12.5. The first-order valence-corrected chi connectivity index (χ1v) is 5.91. The lowest BCUT2D eigenvalue weighted by Crippen LogP contribution is -1.98. The van der Waals surface area contributed by atoms with Crippen LogP contribution >= 0.6 is 11.6 Å². The van der Waals surface area contributed by atoms with Gasteiger partial charge in [0, 0.05) is 16.1 Å². The van der Waals surface area contributed by atoms with Crippen LogP contribution in [-0.4, -0.2) is 5.78 Å². The monoisotopic (exact) mass is 242 g/mol. The Balaban J connectivity index is 2.39. The van der Waals surface area contributed by atoms with Gasteiger partial charge in [-0.15, -0.1) is 0 Å². The van der Waals surface area contributed by atoms with Crippen LogP contribution in [0, 0.1) is 13.8 Å². The molecule has 0 amide bonds. The van der Waals surface area contributed by atoms with Gasteiger partial charge in [0.05, 0.1) is 0 Å². The Hall–Kier alpha value is -1.60. The van der Waals surface area contributed by atoms with E-state index in [0.717, 1.165) is 27.8 Å². The summed E-state index contributed by atoms with van der Waals surface area (Å²) in [5.41, 5.74) is 5.81. The van der Waals surface area contributed by atoms with Gasteiger partial charge in [-0.1, -0.05) is 35.4 Å². The Labute approximate surface area is 105 Å². The molecule has 0 N–H and O–H groups in total. The second-order valence-electron chi connectivity index (χ2n) is 4.52. The van der Waals surface area contributed by atoms with Crippen LogP contribution in [0.25, 0.3) is 11.1 Å². The van der Waals surface area contributed by atoms with Crippen LogP contribution in [0.15, 0.2) is 30.3 Å². The topological polar surface area (TPSA) is 17.1 Å². The molecule has 0 unspecified atom stereocenters. The molecule has 3 rings (SSSR count). The van der Waals surface area contributed by atoms with Crippen molar-refractivity contribution in [2.75, 3.05) is 0 Å². The van der Waals surface area contributed by atoms with E-state index in [9.17, 15) is 4.79 Å². The Kier molecular flexibility index (Phi) is 2.14. The molecule has 0 saturated heterocycles. The Morgan fingerprint density at radius 2 is 1.71 bits per heavy atom. The number of benzene rings is 2. The van der Waals surface area contributed by atoms with Crippen molar-refractivity contribution in [3.05, 3.63) is 57.6 Å². The molecule has 0 bridgehead atoms. The molecule has 0 heterocycles. The van der Waals surface area contributed by atoms with E-state index in [1.54, 1.807) is 6.07 Å². The number of ketones is 1. The number of hydrogen-bond donors (Lipinski definition) is 0. The molecule has 17 heavy (non-hydrogen) atoms. The quantitative estimate of drug-likeness (QED) is 0.578. The molecule has 1 nitrogen and oxygen atoms in total. The minimum atomic E-state index is 0.0926. The number of rotatable bonds is 0. The molecule has 2 heteroatoms. The molecule has 0 radical (unpaired) electrons. The zero-order valence-electron chi connectivity index (χ0n) is 9.67. The molecule has 0 atom stereocenters. The summed E-state index contributed by atoms with van der Waals surface area (Å²) < 4.78 is 0. The first-order chi connectivity index (χ1) is 8.08. The minimum Gasteiger partial charge on any atom is -0.289 e. The molecule has 0 fully saturated rings. The molecule has 0 spiro atoms. The van der Waals surface area contributed by atoms with Crippen LogP contribution in [0.5, 0.6) is 0 Å². The lowest BCUT2D eigenvalue weighted by Gasteiger charge is -2.04. The Morgan fingerprint density at radius 1 is 0.941 bits per heavy atom. The molecule has 0 saturated carbocycles. The molecule has 1 aliphatic rings. The molecule has 1 aliphatic carbocycles. The summed E-state index contributed by atoms with van der Waals surface area (Å²) in [5, 5.41) is 0.610. The smallest absolute Gasteiger partial charge is 0.194 e. The highest BCUT2D eigenvalue weighted by molar-refractivity contribution is 6.32. The SMILES string of the molecule is Cc1cc(C)c2c(c1)-c1ccc(Cl)cc1C2=O. The maximum Gasteiger partial charge on any atom is 0.194 e. The molecule has 84 valence electrons. The number of fused-ring (bicyclic) bond motifs is 3. The van der Waals surface area contributed by atoms with Gasteiger partial charge in [-0.2, -0.15) is 0 Å². The first kappa shape index (κ1) is 10.5. The second kappa shape index (κ2) is 3.44. The average Bonchev–Trinajstić information content (AvgIpc) is 2.52. The molecular formula is C15H11ClO. The molecule has 2 aromatic rings. The second-order valence-corrected chi connectivity index (χ2v) is 4.96. The number of aryl methyl sites for hydroxylation is 2. The van der Waals surface area contributed by atoms with Gasteiger partial charge in [0.2, 0.25) is 0 Å². The van der Waals surface area contributed by atoms with Crippen molar-refractivity contribution in [3.63, 3.8) is 0 Å². The van der Waals surface area contributed by atoms with Gasteiger partial charge in [0.15, 0.2) is 5.78 Å². The van der Waals surface area contributed by atoms with Crippen molar-refractivity contribution in [1.82, 2.24) is 0 Å². The van der Waals surface area contributed by atoms with Gasteiger partial charge in [-0.05, 0) is 42.7 Å². The summed E-state index contributed by atoms with van der Waals surface area (Å²) in [4.78, 5) is 12.3. The molecular weight excluding hydrogens is 232 g/mol. The third-order valence-electron chi connectivity index (χ3n) is 3.22. The molecule has 2 aromatic carbocycles. The minimum absolute atomic E-state index is 0.0926. The third kappa shape index (κ3) is 1.43. The van der Waals surface area contributed by atoms with Gasteiger partial charge >= 0.3 is 0 Å². The fourth-order valence-electron chi connectivity index (χ4n) is 2.56. The predicted octanol–water partition coefficient (Wildman–Crippen LogP) is 4.17. The highest BCUT2D eigenvalue weighted by Crippen LogP contribution is 2.39. The average molecular weight is 243 g/mol. The number of carbonyl (C=O) groups is 1. The highest BCUT2D eigenvalue weighted by atomic mass is 35.5. The number of hydrogen-bond acceptors (Lipinski definition) is 1. The fourth-order valence-corrected chi connectivity index (χ4v) is 2.73. The van der Waals surface area contributed by atoms with E-state index in [0.29, 0.717) is 5.02 Å². The summed E-state index contributed by atoms with van der Waals surface area (Å²) in [7, 11) is 0. The lowest BCUT2D eigenvalue weighted by molar-refractivity contribution is 0.104.